The molecule has 1 aromatic carbocycles. The molecule has 4 nitrogen and oxygen atoms in total. The van der Waals surface area contributed by atoms with Crippen LogP contribution >= 0.6 is 0 Å². The number of amides is 2. The van der Waals surface area contributed by atoms with Crippen molar-refractivity contribution in [2.75, 3.05) is 12.4 Å². The fourth-order valence-electron chi connectivity index (χ4n) is 2.61. The van der Waals surface area contributed by atoms with E-state index in [1.807, 2.05) is 24.3 Å². The highest BCUT2D eigenvalue weighted by Crippen LogP contribution is 2.25. The van der Waals surface area contributed by atoms with Crippen molar-refractivity contribution in [2.45, 2.75) is 38.6 Å². The Labute approximate surface area is 114 Å². The minimum atomic E-state index is -0.150. The lowest BCUT2D eigenvalue weighted by Gasteiger charge is -2.29. The van der Waals surface area contributed by atoms with E-state index in [2.05, 4.69) is 17.6 Å². The highest BCUT2D eigenvalue weighted by atomic mass is 16.5. The summed E-state index contributed by atoms with van der Waals surface area (Å²) in [6.07, 6.45) is 4.73. The van der Waals surface area contributed by atoms with Crippen molar-refractivity contribution < 1.29 is 9.53 Å². The predicted molar refractivity (Wildman–Crippen MR) is 76.6 cm³/mol. The summed E-state index contributed by atoms with van der Waals surface area (Å²) in [6, 6.07) is 7.56. The van der Waals surface area contributed by atoms with Crippen LogP contribution in [0, 0.1) is 5.92 Å². The number of methoxy groups -OCH3 is 1. The zero-order chi connectivity index (χ0) is 13.7. The standard InChI is InChI=1S/C15H22N2O2/c1-11-7-3-4-8-12(11)16-15(18)17-13-9-5-6-10-14(13)19-2/h5-6,9-12H,3-4,7-8H2,1-2H3,(H2,16,17,18)/t11-,12-/m0/s1. The van der Waals surface area contributed by atoms with E-state index in [4.69, 9.17) is 4.74 Å². The molecule has 1 aromatic rings. The summed E-state index contributed by atoms with van der Waals surface area (Å²) < 4.78 is 5.21. The third kappa shape index (κ3) is 3.63. The summed E-state index contributed by atoms with van der Waals surface area (Å²) in [5.41, 5.74) is 0.700. The van der Waals surface area contributed by atoms with E-state index >= 15 is 0 Å². The van der Waals surface area contributed by atoms with Crippen molar-refractivity contribution in [1.29, 1.82) is 0 Å². The molecular weight excluding hydrogens is 240 g/mol. The van der Waals surface area contributed by atoms with Gasteiger partial charge in [0, 0.05) is 6.04 Å². The molecule has 0 aromatic heterocycles. The maximum Gasteiger partial charge on any atom is 0.319 e. The topological polar surface area (TPSA) is 50.4 Å². The molecule has 2 atom stereocenters. The maximum atomic E-state index is 12.0. The van der Waals surface area contributed by atoms with Gasteiger partial charge in [-0.1, -0.05) is 31.9 Å². The van der Waals surface area contributed by atoms with Gasteiger partial charge in [-0.25, -0.2) is 4.79 Å². The van der Waals surface area contributed by atoms with Crippen LogP contribution in [0.4, 0.5) is 10.5 Å². The Kier molecular flexibility index (Phi) is 4.66. The SMILES string of the molecule is COc1ccccc1NC(=O)N[C@H]1CCCC[C@@H]1C. The van der Waals surface area contributed by atoms with Crippen molar-refractivity contribution in [3.63, 3.8) is 0 Å². The van der Waals surface area contributed by atoms with E-state index in [-0.39, 0.29) is 12.1 Å². The third-order valence-electron chi connectivity index (χ3n) is 3.78. The molecule has 0 radical (unpaired) electrons. The van der Waals surface area contributed by atoms with Gasteiger partial charge in [0.15, 0.2) is 0 Å². The number of carbonyl (C=O) groups excluding carboxylic acids is 1. The molecule has 2 amide bonds. The van der Waals surface area contributed by atoms with Crippen LogP contribution in [-0.4, -0.2) is 19.2 Å². The second-order valence-electron chi connectivity index (χ2n) is 5.17. The summed E-state index contributed by atoms with van der Waals surface area (Å²) in [6.45, 7) is 2.20. The van der Waals surface area contributed by atoms with Crippen molar-refractivity contribution in [1.82, 2.24) is 5.32 Å². The van der Waals surface area contributed by atoms with Gasteiger partial charge in [-0.15, -0.1) is 0 Å². The minimum Gasteiger partial charge on any atom is -0.495 e. The fraction of sp³-hybridized carbons (Fsp3) is 0.533. The van der Waals surface area contributed by atoms with Crippen LogP contribution in [0.5, 0.6) is 5.75 Å². The quantitative estimate of drug-likeness (QED) is 0.877. The highest BCUT2D eigenvalue weighted by molar-refractivity contribution is 5.91. The zero-order valence-electron chi connectivity index (χ0n) is 11.6. The Hall–Kier alpha value is -1.71. The Balaban J connectivity index is 1.93. The summed E-state index contributed by atoms with van der Waals surface area (Å²) in [7, 11) is 1.60. The summed E-state index contributed by atoms with van der Waals surface area (Å²) in [5, 5.41) is 5.92. The van der Waals surface area contributed by atoms with Gasteiger partial charge in [-0.3, -0.25) is 0 Å². The van der Waals surface area contributed by atoms with Crippen LogP contribution in [-0.2, 0) is 0 Å². The molecule has 19 heavy (non-hydrogen) atoms. The van der Waals surface area contributed by atoms with Crippen LogP contribution in [0.3, 0.4) is 0 Å². The summed E-state index contributed by atoms with van der Waals surface area (Å²) >= 11 is 0. The van der Waals surface area contributed by atoms with Gasteiger partial charge in [0.1, 0.15) is 5.75 Å². The van der Waals surface area contributed by atoms with E-state index in [0.29, 0.717) is 17.4 Å². The molecule has 1 aliphatic carbocycles. The number of para-hydroxylation sites is 2. The van der Waals surface area contributed by atoms with E-state index in [1.54, 1.807) is 7.11 Å². The number of ether oxygens (including phenoxy) is 1. The molecule has 0 bridgehead atoms. The van der Waals surface area contributed by atoms with Gasteiger partial charge < -0.3 is 15.4 Å². The first-order valence-corrected chi connectivity index (χ1v) is 6.91. The van der Waals surface area contributed by atoms with Crippen molar-refractivity contribution in [3.05, 3.63) is 24.3 Å². The number of carbonyl (C=O) groups is 1. The average molecular weight is 262 g/mol. The zero-order valence-corrected chi connectivity index (χ0v) is 11.6. The number of nitrogens with one attached hydrogen (secondary N) is 2. The predicted octanol–water partition coefficient (Wildman–Crippen LogP) is 3.40. The molecule has 1 saturated carbocycles. The summed E-state index contributed by atoms with van der Waals surface area (Å²) in [5.74, 6) is 1.23. The normalized spacial score (nSPS) is 22.6. The molecule has 1 aliphatic rings. The van der Waals surface area contributed by atoms with Gasteiger partial charge in [0.2, 0.25) is 0 Å². The average Bonchev–Trinajstić information content (AvgIpc) is 2.42. The minimum absolute atomic E-state index is 0.150. The molecule has 0 heterocycles. The van der Waals surface area contributed by atoms with Crippen LogP contribution in [0.2, 0.25) is 0 Å². The third-order valence-corrected chi connectivity index (χ3v) is 3.78. The first-order chi connectivity index (χ1) is 9.20. The molecule has 0 unspecified atom stereocenters. The number of anilines is 1. The molecule has 4 heteroatoms. The Morgan fingerprint density at radius 1 is 1.26 bits per heavy atom. The van der Waals surface area contributed by atoms with Crippen LogP contribution in [0.25, 0.3) is 0 Å². The molecule has 0 aliphatic heterocycles. The lowest BCUT2D eigenvalue weighted by molar-refractivity contribution is 0.232. The largest absolute Gasteiger partial charge is 0.495 e. The second kappa shape index (κ2) is 6.45. The van der Waals surface area contributed by atoms with Gasteiger partial charge in [-0.2, -0.15) is 0 Å². The number of urea groups is 1. The molecular formula is C15H22N2O2. The first kappa shape index (κ1) is 13.7. The molecule has 1 fully saturated rings. The monoisotopic (exact) mass is 262 g/mol. The van der Waals surface area contributed by atoms with Crippen LogP contribution in [0.1, 0.15) is 32.6 Å². The number of rotatable bonds is 3. The maximum absolute atomic E-state index is 12.0. The van der Waals surface area contributed by atoms with E-state index in [0.717, 1.165) is 6.42 Å². The van der Waals surface area contributed by atoms with Crippen molar-refractivity contribution >= 4 is 11.7 Å². The van der Waals surface area contributed by atoms with Gasteiger partial charge >= 0.3 is 6.03 Å². The van der Waals surface area contributed by atoms with Gasteiger partial charge in [0.05, 0.1) is 12.8 Å². The van der Waals surface area contributed by atoms with Gasteiger partial charge in [0.25, 0.3) is 0 Å². The lowest BCUT2D eigenvalue weighted by Crippen LogP contribution is -2.43. The number of hydrogen-bond donors (Lipinski definition) is 2. The Bertz CT molecular complexity index is 434. The van der Waals surface area contributed by atoms with Crippen LogP contribution < -0.4 is 15.4 Å². The Morgan fingerprint density at radius 3 is 2.74 bits per heavy atom. The molecule has 2 N–H and O–H groups in total. The fourth-order valence-corrected chi connectivity index (χ4v) is 2.61. The van der Waals surface area contributed by atoms with Gasteiger partial charge in [-0.05, 0) is 30.9 Å². The van der Waals surface area contributed by atoms with Crippen LogP contribution in [0.15, 0.2) is 24.3 Å². The Morgan fingerprint density at radius 2 is 2.00 bits per heavy atom. The van der Waals surface area contributed by atoms with E-state index in [9.17, 15) is 4.79 Å². The molecule has 104 valence electrons. The first-order valence-electron chi connectivity index (χ1n) is 6.91. The second-order valence-corrected chi connectivity index (χ2v) is 5.17. The number of hydrogen-bond acceptors (Lipinski definition) is 2. The number of benzene rings is 1. The van der Waals surface area contributed by atoms with Crippen molar-refractivity contribution in [2.24, 2.45) is 5.92 Å². The van der Waals surface area contributed by atoms with E-state index in [1.165, 1.54) is 19.3 Å². The smallest absolute Gasteiger partial charge is 0.319 e. The molecule has 2 rings (SSSR count). The molecule has 0 saturated heterocycles. The highest BCUT2D eigenvalue weighted by Gasteiger charge is 2.22. The van der Waals surface area contributed by atoms with E-state index < -0.39 is 0 Å². The lowest BCUT2D eigenvalue weighted by atomic mass is 9.86. The van der Waals surface area contributed by atoms with Crippen molar-refractivity contribution in [3.8, 4) is 5.75 Å². The summed E-state index contributed by atoms with van der Waals surface area (Å²) in [4.78, 5) is 12.0. The molecule has 0 spiro atoms.